The summed E-state index contributed by atoms with van der Waals surface area (Å²) in [7, 11) is 1.32. The third-order valence-electron chi connectivity index (χ3n) is 1.22. The van der Waals surface area contributed by atoms with Crippen LogP contribution in [0.1, 0.15) is 0 Å². The molecule has 0 aromatic heterocycles. The van der Waals surface area contributed by atoms with E-state index in [0.717, 1.165) is 0 Å². The first-order valence-electron chi connectivity index (χ1n) is 2.92. The summed E-state index contributed by atoms with van der Waals surface area (Å²) in [6.07, 6.45) is 0. The van der Waals surface area contributed by atoms with Gasteiger partial charge in [0.1, 0.15) is 5.69 Å². The molecule has 0 amide bonds. The molecule has 0 N–H and O–H groups in total. The normalized spacial score (nSPS) is 11.1. The van der Waals surface area contributed by atoms with Crippen LogP contribution in [-0.4, -0.2) is 8.42 Å². The van der Waals surface area contributed by atoms with Gasteiger partial charge in [0, 0.05) is 10.7 Å². The van der Waals surface area contributed by atoms with E-state index in [2.05, 4.69) is 5.18 Å². The van der Waals surface area contributed by atoms with Gasteiger partial charge in [-0.05, 0) is 29.4 Å². The van der Waals surface area contributed by atoms with Crippen LogP contribution in [0.15, 0.2) is 34.3 Å². The molecule has 0 aliphatic carbocycles. The molecule has 0 heterocycles. The Hall–Kier alpha value is -0.940. The average Bonchev–Trinajstić information content (AvgIpc) is 2.03. The van der Waals surface area contributed by atoms with Crippen molar-refractivity contribution < 1.29 is 8.42 Å². The second-order valence-electron chi connectivity index (χ2n) is 2.02. The first-order chi connectivity index (χ1) is 5.54. The van der Waals surface area contributed by atoms with Crippen LogP contribution < -0.4 is 0 Å². The Kier molecular flexibility index (Phi) is 2.44. The van der Waals surface area contributed by atoms with Gasteiger partial charge in [-0.1, -0.05) is 0 Å². The number of rotatable bonds is 2. The van der Waals surface area contributed by atoms with Crippen LogP contribution in [0.3, 0.4) is 0 Å². The minimum atomic E-state index is -3.70. The van der Waals surface area contributed by atoms with Gasteiger partial charge in [0.2, 0.25) is 0 Å². The highest BCUT2D eigenvalue weighted by Crippen LogP contribution is 2.18. The van der Waals surface area contributed by atoms with E-state index in [1.165, 1.54) is 24.3 Å². The Balaban J connectivity index is 3.17. The maximum Gasteiger partial charge on any atom is 0.261 e. The van der Waals surface area contributed by atoms with Crippen molar-refractivity contribution in [3.8, 4) is 0 Å². The molecule has 1 rings (SSSR count). The van der Waals surface area contributed by atoms with E-state index in [1.807, 2.05) is 0 Å². The highest BCUT2D eigenvalue weighted by atomic mass is 35.7. The summed E-state index contributed by atoms with van der Waals surface area (Å²) < 4.78 is 21.4. The fraction of sp³-hybridized carbons (Fsp3) is 0. The van der Waals surface area contributed by atoms with Crippen molar-refractivity contribution in [3.63, 3.8) is 0 Å². The highest BCUT2D eigenvalue weighted by molar-refractivity contribution is 8.13. The van der Waals surface area contributed by atoms with E-state index in [0.29, 0.717) is 0 Å². The van der Waals surface area contributed by atoms with Crippen molar-refractivity contribution in [2.75, 3.05) is 0 Å². The van der Waals surface area contributed by atoms with Crippen LogP contribution in [-0.2, 0) is 9.05 Å². The monoisotopic (exact) mass is 205 g/mol. The molecule has 0 spiro atoms. The largest absolute Gasteiger partial charge is 0.261 e. The standard InChI is InChI=1S/C6H4ClNO3S/c7-12(10,11)6-3-1-5(8-9)2-4-6/h1-4H. The van der Waals surface area contributed by atoms with Gasteiger partial charge < -0.3 is 0 Å². The predicted octanol–water partition coefficient (Wildman–Crippen LogP) is 2.01. The third kappa shape index (κ3) is 2.02. The lowest BCUT2D eigenvalue weighted by Gasteiger charge is -1.93. The number of hydrogen-bond acceptors (Lipinski definition) is 4. The van der Waals surface area contributed by atoms with Crippen LogP contribution in [0.4, 0.5) is 5.69 Å². The molecule has 0 radical (unpaired) electrons. The van der Waals surface area contributed by atoms with Crippen molar-refractivity contribution in [2.45, 2.75) is 4.90 Å². The molecule has 0 aliphatic heterocycles. The summed E-state index contributed by atoms with van der Waals surface area (Å²) in [4.78, 5) is 9.89. The molecule has 0 atom stereocenters. The number of halogens is 1. The third-order valence-corrected chi connectivity index (χ3v) is 2.59. The number of hydrogen-bond donors (Lipinski definition) is 0. The van der Waals surface area contributed by atoms with Gasteiger partial charge in [-0.15, -0.1) is 4.91 Å². The van der Waals surface area contributed by atoms with Gasteiger partial charge in [0.25, 0.3) is 9.05 Å². The van der Waals surface area contributed by atoms with E-state index in [1.54, 1.807) is 0 Å². The molecule has 0 aliphatic rings. The molecular weight excluding hydrogens is 202 g/mol. The van der Waals surface area contributed by atoms with Crippen LogP contribution in [0.5, 0.6) is 0 Å². The van der Waals surface area contributed by atoms with E-state index < -0.39 is 9.05 Å². The summed E-state index contributed by atoms with van der Waals surface area (Å²) in [6.45, 7) is 0. The van der Waals surface area contributed by atoms with E-state index in [-0.39, 0.29) is 10.6 Å². The van der Waals surface area contributed by atoms with Crippen molar-refractivity contribution in [1.29, 1.82) is 0 Å². The smallest absolute Gasteiger partial charge is 0.207 e. The lowest BCUT2D eigenvalue weighted by molar-refractivity contribution is 0.609. The van der Waals surface area contributed by atoms with Crippen LogP contribution in [0, 0.1) is 4.91 Å². The number of nitrogens with zero attached hydrogens (tertiary/aromatic N) is 1. The van der Waals surface area contributed by atoms with Gasteiger partial charge >= 0.3 is 0 Å². The quantitative estimate of drug-likeness (QED) is 0.548. The zero-order valence-corrected chi connectivity index (χ0v) is 7.34. The van der Waals surface area contributed by atoms with Crippen molar-refractivity contribution in [3.05, 3.63) is 29.2 Å². The maximum atomic E-state index is 10.7. The first-order valence-corrected chi connectivity index (χ1v) is 5.23. The van der Waals surface area contributed by atoms with Gasteiger partial charge in [-0.25, -0.2) is 8.42 Å². The van der Waals surface area contributed by atoms with Gasteiger partial charge in [-0.3, -0.25) is 0 Å². The number of nitroso groups, excluding NO2 is 1. The predicted molar refractivity (Wildman–Crippen MR) is 44.9 cm³/mol. The molecule has 1 aromatic rings. The van der Waals surface area contributed by atoms with Crippen LogP contribution >= 0.6 is 10.7 Å². The molecule has 64 valence electrons. The van der Waals surface area contributed by atoms with E-state index in [9.17, 15) is 13.3 Å². The summed E-state index contributed by atoms with van der Waals surface area (Å²) in [5.41, 5.74) is 0.166. The molecular formula is C6H4ClNO3S. The lowest BCUT2D eigenvalue weighted by atomic mass is 10.3. The molecule has 1 aromatic carbocycles. The molecule has 0 fully saturated rings. The Morgan fingerprint density at radius 2 is 1.67 bits per heavy atom. The summed E-state index contributed by atoms with van der Waals surface area (Å²) in [6, 6.07) is 5.00. The number of benzene rings is 1. The Bertz CT molecular complexity index is 384. The minimum Gasteiger partial charge on any atom is -0.207 e. The molecule has 0 saturated carbocycles. The lowest BCUT2D eigenvalue weighted by Crippen LogP contribution is -1.88. The average molecular weight is 206 g/mol. The van der Waals surface area contributed by atoms with Crippen LogP contribution in [0.2, 0.25) is 0 Å². The fourth-order valence-corrected chi connectivity index (χ4v) is 1.44. The second kappa shape index (κ2) is 3.20. The zero-order chi connectivity index (χ0) is 9.19. The summed E-state index contributed by atoms with van der Waals surface area (Å²) in [5.74, 6) is 0. The Morgan fingerprint density at radius 3 is 2.00 bits per heavy atom. The van der Waals surface area contributed by atoms with Crippen LogP contribution in [0.25, 0.3) is 0 Å². The highest BCUT2D eigenvalue weighted by Gasteiger charge is 2.08. The maximum absolute atomic E-state index is 10.7. The van der Waals surface area contributed by atoms with Gasteiger partial charge in [-0.2, -0.15) is 0 Å². The zero-order valence-electron chi connectivity index (χ0n) is 5.77. The SMILES string of the molecule is O=Nc1ccc(S(=O)(=O)Cl)cc1. The molecule has 4 nitrogen and oxygen atoms in total. The molecule has 0 saturated heterocycles. The molecule has 12 heavy (non-hydrogen) atoms. The van der Waals surface area contributed by atoms with Crippen molar-refractivity contribution in [2.24, 2.45) is 5.18 Å². The summed E-state index contributed by atoms with van der Waals surface area (Å²) >= 11 is 0. The molecule has 6 heteroatoms. The fourth-order valence-electron chi connectivity index (χ4n) is 0.670. The Labute approximate surface area is 73.6 Å². The Morgan fingerprint density at radius 1 is 1.17 bits per heavy atom. The topological polar surface area (TPSA) is 63.6 Å². The second-order valence-corrected chi connectivity index (χ2v) is 4.59. The van der Waals surface area contributed by atoms with Crippen molar-refractivity contribution >= 4 is 25.4 Å². The minimum absolute atomic E-state index is 0.0448. The first kappa shape index (κ1) is 9.15. The van der Waals surface area contributed by atoms with Gasteiger partial charge in [0.05, 0.1) is 4.90 Å². The van der Waals surface area contributed by atoms with E-state index >= 15 is 0 Å². The van der Waals surface area contributed by atoms with Gasteiger partial charge in [0.15, 0.2) is 0 Å². The van der Waals surface area contributed by atoms with Crippen molar-refractivity contribution in [1.82, 2.24) is 0 Å². The molecule has 0 bridgehead atoms. The van der Waals surface area contributed by atoms with E-state index in [4.69, 9.17) is 10.7 Å². The molecule has 0 unspecified atom stereocenters. The summed E-state index contributed by atoms with van der Waals surface area (Å²) in [5, 5.41) is 2.61.